The minimum Gasteiger partial charge on any atom is -0.478 e. The van der Waals surface area contributed by atoms with Crippen molar-refractivity contribution >= 4 is 28.1 Å². The standard InChI is InChI=1S/C12H11NO3S2/c1-8-2-3-9(6-10(8)12(14)15)18(16)7-11-13-4-5-17-11/h2-6H,7H2,1H3,(H,14,15). The summed E-state index contributed by atoms with van der Waals surface area (Å²) in [6, 6.07) is 4.85. The summed E-state index contributed by atoms with van der Waals surface area (Å²) < 4.78 is 12.1. The summed E-state index contributed by atoms with van der Waals surface area (Å²) in [7, 11) is -1.26. The Hall–Kier alpha value is -1.53. The van der Waals surface area contributed by atoms with E-state index in [4.69, 9.17) is 5.11 Å². The molecular formula is C12H11NO3S2. The molecule has 0 radical (unpaired) electrons. The third-order valence-electron chi connectivity index (χ3n) is 2.44. The largest absolute Gasteiger partial charge is 0.478 e. The Bertz CT molecular complexity index is 593. The summed E-state index contributed by atoms with van der Waals surface area (Å²) in [4.78, 5) is 15.6. The molecule has 1 N–H and O–H groups in total. The first kappa shape index (κ1) is 12.9. The summed E-state index contributed by atoms with van der Waals surface area (Å²) in [5, 5.41) is 11.6. The zero-order valence-electron chi connectivity index (χ0n) is 9.62. The van der Waals surface area contributed by atoms with E-state index in [1.165, 1.54) is 17.4 Å². The molecule has 1 aromatic heterocycles. The summed E-state index contributed by atoms with van der Waals surface area (Å²) in [5.74, 6) is -0.680. The average Bonchev–Trinajstić information content (AvgIpc) is 2.81. The van der Waals surface area contributed by atoms with Crippen LogP contribution in [0.25, 0.3) is 0 Å². The predicted molar refractivity (Wildman–Crippen MR) is 70.4 cm³/mol. The van der Waals surface area contributed by atoms with Gasteiger partial charge in [-0.25, -0.2) is 9.78 Å². The molecule has 1 atom stereocenters. The molecule has 0 bridgehead atoms. The van der Waals surface area contributed by atoms with Gasteiger partial charge in [0.1, 0.15) is 5.01 Å². The molecule has 1 unspecified atom stereocenters. The van der Waals surface area contributed by atoms with E-state index in [1.54, 1.807) is 25.3 Å². The molecule has 0 spiro atoms. The molecule has 6 heteroatoms. The van der Waals surface area contributed by atoms with Gasteiger partial charge >= 0.3 is 5.97 Å². The highest BCUT2D eigenvalue weighted by Gasteiger charge is 2.12. The highest BCUT2D eigenvalue weighted by atomic mass is 32.2. The first-order valence-electron chi connectivity index (χ1n) is 5.18. The number of rotatable bonds is 4. The molecule has 94 valence electrons. The lowest BCUT2D eigenvalue weighted by Gasteiger charge is -2.04. The predicted octanol–water partition coefficient (Wildman–Crippen LogP) is 2.46. The molecule has 0 aliphatic rings. The maximum atomic E-state index is 12.1. The highest BCUT2D eigenvalue weighted by Crippen LogP contribution is 2.18. The quantitative estimate of drug-likeness (QED) is 0.934. The molecule has 0 saturated carbocycles. The minimum absolute atomic E-state index is 0.194. The normalized spacial score (nSPS) is 12.3. The van der Waals surface area contributed by atoms with Crippen LogP contribution in [-0.4, -0.2) is 20.3 Å². The van der Waals surface area contributed by atoms with Crippen molar-refractivity contribution in [3.63, 3.8) is 0 Å². The van der Waals surface area contributed by atoms with Crippen molar-refractivity contribution in [3.8, 4) is 0 Å². The van der Waals surface area contributed by atoms with Gasteiger partial charge < -0.3 is 5.11 Å². The van der Waals surface area contributed by atoms with Gasteiger partial charge in [0, 0.05) is 16.5 Å². The van der Waals surface area contributed by atoms with Crippen LogP contribution in [-0.2, 0) is 16.6 Å². The van der Waals surface area contributed by atoms with E-state index in [-0.39, 0.29) is 5.56 Å². The monoisotopic (exact) mass is 281 g/mol. The van der Waals surface area contributed by atoms with Gasteiger partial charge in [-0.1, -0.05) is 6.07 Å². The smallest absolute Gasteiger partial charge is 0.335 e. The van der Waals surface area contributed by atoms with E-state index in [2.05, 4.69) is 4.98 Å². The third kappa shape index (κ3) is 2.83. The Labute approximate surface area is 111 Å². The lowest BCUT2D eigenvalue weighted by atomic mass is 10.1. The summed E-state index contributed by atoms with van der Waals surface area (Å²) in [6.07, 6.45) is 1.66. The number of thiazole rings is 1. The van der Waals surface area contributed by atoms with Gasteiger partial charge in [0.15, 0.2) is 0 Å². The van der Waals surface area contributed by atoms with Crippen LogP contribution in [0.5, 0.6) is 0 Å². The number of carbonyl (C=O) groups is 1. The first-order chi connectivity index (χ1) is 8.58. The zero-order valence-corrected chi connectivity index (χ0v) is 11.3. The molecular weight excluding hydrogens is 270 g/mol. The fourth-order valence-electron chi connectivity index (χ4n) is 1.49. The van der Waals surface area contributed by atoms with Crippen molar-refractivity contribution in [2.75, 3.05) is 0 Å². The van der Waals surface area contributed by atoms with Gasteiger partial charge in [-0.2, -0.15) is 0 Å². The molecule has 0 saturated heterocycles. The number of nitrogens with zero attached hydrogens (tertiary/aromatic N) is 1. The molecule has 2 rings (SSSR count). The number of hydrogen-bond donors (Lipinski definition) is 1. The van der Waals surface area contributed by atoms with Crippen molar-refractivity contribution in [2.45, 2.75) is 17.6 Å². The van der Waals surface area contributed by atoms with Crippen LogP contribution in [0.1, 0.15) is 20.9 Å². The molecule has 0 fully saturated rings. The molecule has 0 amide bonds. The Morgan fingerprint density at radius 3 is 2.89 bits per heavy atom. The van der Waals surface area contributed by atoms with E-state index in [0.717, 1.165) is 5.01 Å². The van der Waals surface area contributed by atoms with Crippen LogP contribution in [0, 0.1) is 6.92 Å². The Kier molecular flexibility index (Phi) is 3.88. The Morgan fingerprint density at radius 2 is 2.28 bits per heavy atom. The maximum Gasteiger partial charge on any atom is 0.335 e. The molecule has 18 heavy (non-hydrogen) atoms. The van der Waals surface area contributed by atoms with Gasteiger partial charge in [-0.05, 0) is 24.6 Å². The van der Waals surface area contributed by atoms with E-state index in [9.17, 15) is 9.00 Å². The second-order valence-electron chi connectivity index (χ2n) is 3.70. The number of aromatic nitrogens is 1. The van der Waals surface area contributed by atoms with Crippen LogP contribution in [0.2, 0.25) is 0 Å². The number of carboxylic acids is 1. The molecule has 2 aromatic rings. The van der Waals surface area contributed by atoms with Crippen LogP contribution < -0.4 is 0 Å². The van der Waals surface area contributed by atoms with Crippen LogP contribution in [0.4, 0.5) is 0 Å². The van der Waals surface area contributed by atoms with E-state index in [1.807, 2.05) is 5.38 Å². The van der Waals surface area contributed by atoms with Crippen molar-refractivity contribution in [2.24, 2.45) is 0 Å². The van der Waals surface area contributed by atoms with Gasteiger partial charge in [-0.15, -0.1) is 11.3 Å². The maximum absolute atomic E-state index is 12.1. The molecule has 1 heterocycles. The number of benzene rings is 1. The number of carboxylic acid groups (broad SMARTS) is 1. The summed E-state index contributed by atoms with van der Waals surface area (Å²) in [5.41, 5.74) is 0.859. The first-order valence-corrected chi connectivity index (χ1v) is 7.38. The van der Waals surface area contributed by atoms with Crippen molar-refractivity contribution in [1.29, 1.82) is 0 Å². The fourth-order valence-corrected chi connectivity index (χ4v) is 3.42. The van der Waals surface area contributed by atoms with Crippen LogP contribution in [0.3, 0.4) is 0 Å². The highest BCUT2D eigenvalue weighted by molar-refractivity contribution is 7.84. The van der Waals surface area contributed by atoms with Crippen LogP contribution >= 0.6 is 11.3 Å². The van der Waals surface area contributed by atoms with Gasteiger partial charge in [0.05, 0.1) is 22.1 Å². The molecule has 4 nitrogen and oxygen atoms in total. The summed E-state index contributed by atoms with van der Waals surface area (Å²) >= 11 is 1.44. The number of aromatic carboxylic acids is 1. The number of aryl methyl sites for hydroxylation is 1. The van der Waals surface area contributed by atoms with E-state index in [0.29, 0.717) is 16.2 Å². The lowest BCUT2D eigenvalue weighted by molar-refractivity contribution is 0.0696. The van der Waals surface area contributed by atoms with Gasteiger partial charge in [-0.3, -0.25) is 4.21 Å². The van der Waals surface area contributed by atoms with Crippen molar-refractivity contribution in [3.05, 3.63) is 45.9 Å². The Balaban J connectivity index is 2.26. The molecule has 1 aromatic carbocycles. The van der Waals surface area contributed by atoms with Crippen molar-refractivity contribution < 1.29 is 14.1 Å². The fraction of sp³-hybridized carbons (Fsp3) is 0.167. The van der Waals surface area contributed by atoms with Crippen molar-refractivity contribution in [1.82, 2.24) is 4.98 Å². The second-order valence-corrected chi connectivity index (χ2v) is 6.13. The molecule has 0 aliphatic carbocycles. The van der Waals surface area contributed by atoms with Crippen LogP contribution in [0.15, 0.2) is 34.7 Å². The summed E-state index contributed by atoms with van der Waals surface area (Å²) in [6.45, 7) is 1.72. The Morgan fingerprint density at radius 1 is 1.50 bits per heavy atom. The SMILES string of the molecule is Cc1ccc(S(=O)Cc2nccs2)cc1C(=O)O. The van der Waals surface area contributed by atoms with Gasteiger partial charge in [0.2, 0.25) is 0 Å². The minimum atomic E-state index is -1.26. The molecule has 0 aliphatic heterocycles. The second kappa shape index (κ2) is 5.41. The van der Waals surface area contributed by atoms with E-state index < -0.39 is 16.8 Å². The third-order valence-corrected chi connectivity index (χ3v) is 4.72. The topological polar surface area (TPSA) is 67.3 Å². The number of hydrogen-bond acceptors (Lipinski definition) is 4. The zero-order chi connectivity index (χ0) is 13.1. The lowest BCUT2D eigenvalue weighted by Crippen LogP contribution is -2.03. The van der Waals surface area contributed by atoms with Gasteiger partial charge in [0.25, 0.3) is 0 Å². The average molecular weight is 281 g/mol. The van der Waals surface area contributed by atoms with E-state index >= 15 is 0 Å².